The zero-order chi connectivity index (χ0) is 15.7. The van der Waals surface area contributed by atoms with Crippen molar-refractivity contribution in [2.45, 2.75) is 25.2 Å². The zero-order valence-corrected chi connectivity index (χ0v) is 14.0. The lowest BCUT2D eigenvalue weighted by molar-refractivity contribution is -0.134. The van der Waals surface area contributed by atoms with Crippen LogP contribution in [0.2, 0.25) is 0 Å². The van der Waals surface area contributed by atoms with Crippen LogP contribution in [0.25, 0.3) is 0 Å². The van der Waals surface area contributed by atoms with E-state index >= 15 is 0 Å². The lowest BCUT2D eigenvalue weighted by Gasteiger charge is -2.33. The van der Waals surface area contributed by atoms with Crippen molar-refractivity contribution in [3.8, 4) is 0 Å². The van der Waals surface area contributed by atoms with Gasteiger partial charge in [-0.25, -0.2) is 8.78 Å². The molecular formula is C17H23ClF2N2O. The number of piperidine rings is 1. The Hall–Kier alpha value is -1.20. The molecule has 6 heteroatoms. The molecule has 1 saturated heterocycles. The third kappa shape index (κ3) is 4.01. The normalized spacial score (nSPS) is 26.6. The molecule has 3 unspecified atom stereocenters. The summed E-state index contributed by atoms with van der Waals surface area (Å²) in [6.45, 7) is 2.51. The standard InChI is InChI=1S/C17H22F2N2O.ClH/c1-20-9-11-3-2-6-21(10-11)17(22)15-8-14(15)13-5-4-12(18)7-16(13)19;/h4-5,7,11,14-15,20H,2-3,6,8-10H2,1H3;1H. The minimum absolute atomic E-state index is 0. The van der Waals surface area contributed by atoms with Gasteiger partial charge in [0.1, 0.15) is 11.6 Å². The van der Waals surface area contributed by atoms with Gasteiger partial charge in [0.25, 0.3) is 0 Å². The number of carbonyl (C=O) groups excluding carboxylic acids is 1. The largest absolute Gasteiger partial charge is 0.342 e. The number of amides is 1. The number of hydrogen-bond acceptors (Lipinski definition) is 2. The van der Waals surface area contributed by atoms with Gasteiger partial charge in [0.2, 0.25) is 5.91 Å². The summed E-state index contributed by atoms with van der Waals surface area (Å²) in [7, 11) is 1.93. The van der Waals surface area contributed by atoms with Gasteiger partial charge in [-0.05, 0) is 56.3 Å². The number of likely N-dealkylation sites (tertiary alicyclic amines) is 1. The Labute approximate surface area is 141 Å². The summed E-state index contributed by atoms with van der Waals surface area (Å²) in [5.41, 5.74) is 0.475. The smallest absolute Gasteiger partial charge is 0.226 e. The van der Waals surface area contributed by atoms with Crippen LogP contribution >= 0.6 is 12.4 Å². The van der Waals surface area contributed by atoms with E-state index in [1.807, 2.05) is 11.9 Å². The number of nitrogens with one attached hydrogen (secondary N) is 1. The topological polar surface area (TPSA) is 32.3 Å². The molecule has 3 nitrogen and oxygen atoms in total. The van der Waals surface area contributed by atoms with Crippen molar-refractivity contribution < 1.29 is 13.6 Å². The van der Waals surface area contributed by atoms with Crippen LogP contribution in [0.4, 0.5) is 8.78 Å². The maximum absolute atomic E-state index is 13.8. The van der Waals surface area contributed by atoms with Crippen LogP contribution in [0, 0.1) is 23.5 Å². The van der Waals surface area contributed by atoms with Crippen molar-refractivity contribution >= 4 is 18.3 Å². The summed E-state index contributed by atoms with van der Waals surface area (Å²) in [5.74, 6) is -0.689. The molecule has 1 aliphatic heterocycles. The molecule has 1 amide bonds. The maximum Gasteiger partial charge on any atom is 0.226 e. The first kappa shape index (κ1) is 18.1. The van der Waals surface area contributed by atoms with Gasteiger partial charge in [-0.1, -0.05) is 6.07 Å². The third-order valence-electron chi connectivity index (χ3n) is 4.79. The van der Waals surface area contributed by atoms with E-state index in [-0.39, 0.29) is 30.2 Å². The molecule has 2 aliphatic rings. The van der Waals surface area contributed by atoms with Crippen LogP contribution in [0.3, 0.4) is 0 Å². The summed E-state index contributed by atoms with van der Waals surface area (Å²) in [6, 6.07) is 3.64. The van der Waals surface area contributed by atoms with E-state index in [0.717, 1.165) is 38.5 Å². The Morgan fingerprint density at radius 1 is 1.39 bits per heavy atom. The number of benzene rings is 1. The Kier molecular flexibility index (Phi) is 5.98. The van der Waals surface area contributed by atoms with E-state index in [1.54, 1.807) is 0 Å². The van der Waals surface area contributed by atoms with Crippen molar-refractivity contribution in [1.82, 2.24) is 10.2 Å². The highest BCUT2D eigenvalue weighted by Crippen LogP contribution is 2.49. The van der Waals surface area contributed by atoms with Gasteiger partial charge in [0.05, 0.1) is 0 Å². The van der Waals surface area contributed by atoms with Crippen LogP contribution in [-0.2, 0) is 4.79 Å². The minimum atomic E-state index is -0.573. The number of carbonyl (C=O) groups is 1. The molecule has 128 valence electrons. The fraction of sp³-hybridized carbons (Fsp3) is 0.588. The Morgan fingerprint density at radius 2 is 2.17 bits per heavy atom. The van der Waals surface area contributed by atoms with E-state index in [9.17, 15) is 13.6 Å². The van der Waals surface area contributed by atoms with Crippen molar-refractivity contribution in [2.24, 2.45) is 11.8 Å². The fourth-order valence-electron chi connectivity index (χ4n) is 3.57. The Balaban J connectivity index is 0.00000192. The van der Waals surface area contributed by atoms with E-state index in [4.69, 9.17) is 0 Å². The highest BCUT2D eigenvalue weighted by Gasteiger charge is 2.47. The summed E-state index contributed by atoms with van der Waals surface area (Å²) in [4.78, 5) is 14.5. The van der Waals surface area contributed by atoms with Gasteiger partial charge in [0.15, 0.2) is 0 Å². The predicted octanol–water partition coefficient (Wildman–Crippen LogP) is 2.95. The molecule has 1 saturated carbocycles. The number of hydrogen-bond donors (Lipinski definition) is 1. The molecule has 1 aliphatic carbocycles. The first-order chi connectivity index (χ1) is 10.6. The lowest BCUT2D eigenvalue weighted by Crippen LogP contribution is -2.43. The maximum atomic E-state index is 13.8. The molecule has 0 spiro atoms. The molecule has 1 aromatic carbocycles. The summed E-state index contributed by atoms with van der Waals surface area (Å²) >= 11 is 0. The SMILES string of the molecule is CNCC1CCCN(C(=O)C2CC2c2ccc(F)cc2F)C1.Cl. The first-order valence-corrected chi connectivity index (χ1v) is 7.98. The van der Waals surface area contributed by atoms with Crippen LogP contribution < -0.4 is 5.32 Å². The molecule has 23 heavy (non-hydrogen) atoms. The zero-order valence-electron chi connectivity index (χ0n) is 13.2. The molecule has 3 rings (SSSR count). The highest BCUT2D eigenvalue weighted by molar-refractivity contribution is 5.85. The van der Waals surface area contributed by atoms with Gasteiger partial charge in [-0.3, -0.25) is 4.79 Å². The van der Waals surface area contributed by atoms with Crippen molar-refractivity contribution in [3.63, 3.8) is 0 Å². The van der Waals surface area contributed by atoms with Gasteiger partial charge < -0.3 is 10.2 Å². The monoisotopic (exact) mass is 344 g/mol. The summed E-state index contributed by atoms with van der Waals surface area (Å²) < 4.78 is 26.8. The first-order valence-electron chi connectivity index (χ1n) is 7.98. The van der Waals surface area contributed by atoms with Gasteiger partial charge in [-0.15, -0.1) is 12.4 Å². The van der Waals surface area contributed by atoms with E-state index in [1.165, 1.54) is 12.1 Å². The number of nitrogens with zero attached hydrogens (tertiary/aromatic N) is 1. The fourth-order valence-corrected chi connectivity index (χ4v) is 3.57. The quantitative estimate of drug-likeness (QED) is 0.910. The Morgan fingerprint density at radius 3 is 2.87 bits per heavy atom. The second kappa shape index (κ2) is 7.58. The molecule has 0 bridgehead atoms. The van der Waals surface area contributed by atoms with Crippen LogP contribution in [-0.4, -0.2) is 37.5 Å². The van der Waals surface area contributed by atoms with Crippen molar-refractivity contribution in [2.75, 3.05) is 26.7 Å². The lowest BCUT2D eigenvalue weighted by atomic mass is 9.97. The predicted molar refractivity (Wildman–Crippen MR) is 87.7 cm³/mol. The molecular weight excluding hydrogens is 322 g/mol. The molecule has 1 aromatic rings. The second-order valence-corrected chi connectivity index (χ2v) is 6.46. The molecule has 0 aromatic heterocycles. The second-order valence-electron chi connectivity index (χ2n) is 6.46. The van der Waals surface area contributed by atoms with Crippen LogP contribution in [0.15, 0.2) is 18.2 Å². The molecule has 1 heterocycles. The van der Waals surface area contributed by atoms with Crippen molar-refractivity contribution in [3.05, 3.63) is 35.4 Å². The van der Waals surface area contributed by atoms with Crippen molar-refractivity contribution in [1.29, 1.82) is 0 Å². The van der Waals surface area contributed by atoms with E-state index < -0.39 is 11.6 Å². The van der Waals surface area contributed by atoms with Crippen LogP contribution in [0.1, 0.15) is 30.7 Å². The molecule has 2 fully saturated rings. The number of rotatable bonds is 4. The third-order valence-corrected chi connectivity index (χ3v) is 4.79. The van der Waals surface area contributed by atoms with Gasteiger partial charge in [-0.2, -0.15) is 0 Å². The Bertz CT molecular complexity index is 568. The van der Waals surface area contributed by atoms with E-state index in [0.29, 0.717) is 17.9 Å². The minimum Gasteiger partial charge on any atom is -0.342 e. The molecule has 0 radical (unpaired) electrons. The summed E-state index contributed by atoms with van der Waals surface area (Å²) in [5, 5.41) is 3.17. The highest BCUT2D eigenvalue weighted by atomic mass is 35.5. The van der Waals surface area contributed by atoms with Gasteiger partial charge in [0, 0.05) is 25.1 Å². The van der Waals surface area contributed by atoms with Crippen LogP contribution in [0.5, 0.6) is 0 Å². The average molecular weight is 345 g/mol. The average Bonchev–Trinajstić information content (AvgIpc) is 3.27. The number of halogens is 3. The molecule has 3 atom stereocenters. The molecule has 1 N–H and O–H groups in total. The van der Waals surface area contributed by atoms with E-state index in [2.05, 4.69) is 5.32 Å². The summed E-state index contributed by atoms with van der Waals surface area (Å²) in [6.07, 6.45) is 2.85. The van der Waals surface area contributed by atoms with Gasteiger partial charge >= 0.3 is 0 Å².